The summed E-state index contributed by atoms with van der Waals surface area (Å²) in [4.78, 5) is 11.2. The minimum Gasteiger partial charge on any atom is -0.383 e. The van der Waals surface area contributed by atoms with Crippen LogP contribution < -0.4 is 10.6 Å². The summed E-state index contributed by atoms with van der Waals surface area (Å²) in [6.07, 6.45) is 3.97. The zero-order chi connectivity index (χ0) is 14.9. The highest BCUT2D eigenvalue weighted by molar-refractivity contribution is 7.18. The summed E-state index contributed by atoms with van der Waals surface area (Å²) in [6, 6.07) is 0. The van der Waals surface area contributed by atoms with Gasteiger partial charge in [0, 0.05) is 18.5 Å². The summed E-state index contributed by atoms with van der Waals surface area (Å²) in [5.41, 5.74) is 1.30. The Morgan fingerprint density at radius 3 is 3.00 bits per heavy atom. The molecule has 114 valence electrons. The lowest BCUT2D eigenvalue weighted by Crippen LogP contribution is -2.49. The van der Waals surface area contributed by atoms with E-state index in [1.165, 1.54) is 16.9 Å². The Kier molecular flexibility index (Phi) is 4.10. The second-order valence-electron chi connectivity index (χ2n) is 5.78. The van der Waals surface area contributed by atoms with Crippen molar-refractivity contribution in [1.82, 2.24) is 15.3 Å². The largest absolute Gasteiger partial charge is 0.383 e. The second kappa shape index (κ2) is 5.87. The van der Waals surface area contributed by atoms with Gasteiger partial charge in [0.1, 0.15) is 17.0 Å². The number of aryl methyl sites for hydroxylation is 2. The molecule has 1 saturated heterocycles. The molecule has 6 heteroatoms. The number of aromatic nitrogens is 2. The van der Waals surface area contributed by atoms with Gasteiger partial charge in [0.2, 0.25) is 0 Å². The van der Waals surface area contributed by atoms with Gasteiger partial charge in [0.05, 0.1) is 17.5 Å². The van der Waals surface area contributed by atoms with Crippen LogP contribution in [0.4, 0.5) is 5.82 Å². The molecule has 1 unspecified atom stereocenters. The van der Waals surface area contributed by atoms with E-state index in [1.54, 1.807) is 24.8 Å². The fourth-order valence-electron chi connectivity index (χ4n) is 3.04. The molecule has 2 aromatic heterocycles. The number of rotatable bonds is 5. The Morgan fingerprint density at radius 1 is 1.43 bits per heavy atom. The number of nitrogens with zero attached hydrogens (tertiary/aromatic N) is 2. The number of thiophene rings is 1. The van der Waals surface area contributed by atoms with Gasteiger partial charge in [-0.05, 0) is 38.8 Å². The maximum atomic E-state index is 5.40. The van der Waals surface area contributed by atoms with Crippen molar-refractivity contribution in [3.8, 4) is 0 Å². The van der Waals surface area contributed by atoms with Crippen LogP contribution in [0.1, 0.15) is 23.3 Å². The average Bonchev–Trinajstić information content (AvgIpc) is 3.04. The number of hydrogen-bond acceptors (Lipinski definition) is 6. The van der Waals surface area contributed by atoms with E-state index in [0.29, 0.717) is 0 Å². The topological polar surface area (TPSA) is 59.1 Å². The Morgan fingerprint density at radius 2 is 2.29 bits per heavy atom. The van der Waals surface area contributed by atoms with Gasteiger partial charge >= 0.3 is 0 Å². The second-order valence-corrected chi connectivity index (χ2v) is 6.99. The summed E-state index contributed by atoms with van der Waals surface area (Å²) < 4.78 is 5.40. The van der Waals surface area contributed by atoms with E-state index < -0.39 is 0 Å². The lowest BCUT2D eigenvalue weighted by molar-refractivity contribution is 0.127. The quantitative estimate of drug-likeness (QED) is 0.889. The van der Waals surface area contributed by atoms with Crippen LogP contribution in [0.3, 0.4) is 0 Å². The molecule has 1 aliphatic heterocycles. The minimum absolute atomic E-state index is 0.0188. The molecule has 0 aromatic carbocycles. The third kappa shape index (κ3) is 2.75. The van der Waals surface area contributed by atoms with Crippen LogP contribution in [0.2, 0.25) is 0 Å². The van der Waals surface area contributed by atoms with Gasteiger partial charge in [-0.15, -0.1) is 11.3 Å². The van der Waals surface area contributed by atoms with Gasteiger partial charge in [0.25, 0.3) is 0 Å². The van der Waals surface area contributed by atoms with Gasteiger partial charge in [-0.1, -0.05) is 0 Å². The summed E-state index contributed by atoms with van der Waals surface area (Å²) in [5.74, 6) is 0.936. The fourth-order valence-corrected chi connectivity index (χ4v) is 4.04. The molecule has 0 radical (unpaired) electrons. The molecule has 5 nitrogen and oxygen atoms in total. The fraction of sp³-hybridized carbons (Fsp3) is 0.600. The maximum Gasteiger partial charge on any atom is 0.138 e. The Hall–Kier alpha value is -1.24. The van der Waals surface area contributed by atoms with Crippen LogP contribution in [0.25, 0.3) is 10.2 Å². The molecule has 3 rings (SSSR count). The zero-order valence-corrected chi connectivity index (χ0v) is 13.6. The van der Waals surface area contributed by atoms with Gasteiger partial charge in [-0.25, -0.2) is 9.97 Å². The molecule has 0 bridgehead atoms. The molecule has 1 fully saturated rings. The highest BCUT2D eigenvalue weighted by atomic mass is 32.1. The van der Waals surface area contributed by atoms with Crippen LogP contribution in [0, 0.1) is 13.8 Å². The standard InChI is InChI=1S/C15H22N4OS/c1-10-11(2)21-14-12(10)13(17-9-18-14)16-7-15(8-20-3)5-4-6-19-15/h9,19H,4-8H2,1-3H3,(H,16,17,18). The third-order valence-electron chi connectivity index (χ3n) is 4.31. The smallest absolute Gasteiger partial charge is 0.138 e. The van der Waals surface area contributed by atoms with Gasteiger partial charge in [0.15, 0.2) is 0 Å². The number of hydrogen-bond donors (Lipinski definition) is 2. The van der Waals surface area contributed by atoms with Crippen molar-refractivity contribution >= 4 is 27.4 Å². The first-order chi connectivity index (χ1) is 10.2. The average molecular weight is 306 g/mol. The molecule has 0 spiro atoms. The predicted molar refractivity (Wildman–Crippen MR) is 87.2 cm³/mol. The van der Waals surface area contributed by atoms with Crippen LogP contribution >= 0.6 is 11.3 Å². The zero-order valence-electron chi connectivity index (χ0n) is 12.8. The van der Waals surface area contributed by atoms with E-state index in [2.05, 4.69) is 34.4 Å². The highest BCUT2D eigenvalue weighted by Gasteiger charge is 2.33. The first-order valence-electron chi connectivity index (χ1n) is 7.34. The normalized spacial score (nSPS) is 22.0. The van der Waals surface area contributed by atoms with Crippen molar-refractivity contribution in [3.05, 3.63) is 16.8 Å². The molecule has 2 aromatic rings. The van der Waals surface area contributed by atoms with E-state index in [4.69, 9.17) is 4.74 Å². The summed E-state index contributed by atoms with van der Waals surface area (Å²) in [6.45, 7) is 6.87. The van der Waals surface area contributed by atoms with Crippen LogP contribution in [0.15, 0.2) is 6.33 Å². The van der Waals surface area contributed by atoms with Crippen LogP contribution in [-0.4, -0.2) is 42.3 Å². The monoisotopic (exact) mass is 306 g/mol. The van der Waals surface area contributed by atoms with Crippen molar-refractivity contribution in [3.63, 3.8) is 0 Å². The van der Waals surface area contributed by atoms with Gasteiger partial charge in [-0.2, -0.15) is 0 Å². The van der Waals surface area contributed by atoms with Crippen LogP contribution in [0.5, 0.6) is 0 Å². The van der Waals surface area contributed by atoms with Crippen molar-refractivity contribution in [1.29, 1.82) is 0 Å². The van der Waals surface area contributed by atoms with E-state index >= 15 is 0 Å². The van der Waals surface area contributed by atoms with E-state index in [0.717, 1.165) is 42.2 Å². The Labute approximate surface area is 129 Å². The Bertz CT molecular complexity index is 634. The molecule has 0 amide bonds. The Balaban J connectivity index is 1.85. The molecule has 1 aliphatic rings. The molecule has 0 saturated carbocycles. The maximum absolute atomic E-state index is 5.40. The van der Waals surface area contributed by atoms with E-state index in [1.807, 2.05) is 0 Å². The molecule has 21 heavy (non-hydrogen) atoms. The predicted octanol–water partition coefficient (Wildman–Crippen LogP) is 2.49. The molecule has 1 atom stereocenters. The van der Waals surface area contributed by atoms with Crippen molar-refractivity contribution in [2.75, 3.05) is 32.1 Å². The number of anilines is 1. The van der Waals surface area contributed by atoms with Gasteiger partial charge < -0.3 is 15.4 Å². The molecule has 3 heterocycles. The first-order valence-corrected chi connectivity index (χ1v) is 8.15. The molecule has 2 N–H and O–H groups in total. The molecular weight excluding hydrogens is 284 g/mol. The SMILES string of the molecule is COCC1(CNc2ncnc3sc(C)c(C)c23)CCCN1. The first kappa shape index (κ1) is 14.7. The van der Waals surface area contributed by atoms with Crippen molar-refractivity contribution < 1.29 is 4.74 Å². The lowest BCUT2D eigenvalue weighted by atomic mass is 9.98. The van der Waals surface area contributed by atoms with E-state index in [-0.39, 0.29) is 5.54 Å². The molecular formula is C15H22N4OS. The van der Waals surface area contributed by atoms with Crippen LogP contribution in [-0.2, 0) is 4.74 Å². The summed E-state index contributed by atoms with van der Waals surface area (Å²) >= 11 is 1.73. The third-order valence-corrected chi connectivity index (χ3v) is 5.43. The van der Waals surface area contributed by atoms with Gasteiger partial charge in [-0.3, -0.25) is 0 Å². The number of fused-ring (bicyclic) bond motifs is 1. The van der Waals surface area contributed by atoms with Crippen molar-refractivity contribution in [2.24, 2.45) is 0 Å². The summed E-state index contributed by atoms with van der Waals surface area (Å²) in [5, 5.41) is 8.26. The lowest BCUT2D eigenvalue weighted by Gasteiger charge is -2.29. The highest BCUT2D eigenvalue weighted by Crippen LogP contribution is 2.33. The number of nitrogens with one attached hydrogen (secondary N) is 2. The van der Waals surface area contributed by atoms with Crippen molar-refractivity contribution in [2.45, 2.75) is 32.2 Å². The minimum atomic E-state index is 0.0188. The molecule has 0 aliphatic carbocycles. The number of ether oxygens (including phenoxy) is 1. The number of methoxy groups -OCH3 is 1. The summed E-state index contributed by atoms with van der Waals surface area (Å²) in [7, 11) is 1.76. The van der Waals surface area contributed by atoms with E-state index in [9.17, 15) is 0 Å².